The molecular formula is C13H10N2O. The average Bonchev–Trinajstić information content (AvgIpc) is 2.38. The van der Waals surface area contributed by atoms with Gasteiger partial charge >= 0.3 is 0 Å². The Morgan fingerprint density at radius 3 is 2.00 bits per heavy atom. The van der Waals surface area contributed by atoms with E-state index < -0.39 is 0 Å². The maximum atomic E-state index is 11.6. The van der Waals surface area contributed by atoms with Crippen LogP contribution in [-0.4, -0.2) is 5.91 Å². The lowest BCUT2D eigenvalue weighted by atomic mass is 10.2. The van der Waals surface area contributed by atoms with Crippen molar-refractivity contribution in [3.63, 3.8) is 0 Å². The van der Waals surface area contributed by atoms with Crippen molar-refractivity contribution < 1.29 is 4.79 Å². The summed E-state index contributed by atoms with van der Waals surface area (Å²) in [4.78, 5) is 11.6. The van der Waals surface area contributed by atoms with Crippen LogP contribution in [-0.2, 0) is 0 Å². The fourth-order valence-corrected chi connectivity index (χ4v) is 1.24. The molecule has 3 nitrogen and oxygen atoms in total. The number of carbonyl (C=O) groups is 1. The van der Waals surface area contributed by atoms with Crippen LogP contribution in [0.4, 0.5) is 5.69 Å². The summed E-state index contributed by atoms with van der Waals surface area (Å²) in [5, 5.41) is 7.51. The first-order valence-electron chi connectivity index (χ1n) is 4.92. The number of amides is 1. The monoisotopic (exact) mass is 210 g/mol. The number of nitrogens with zero attached hydrogens (tertiary/aromatic N) is 2. The largest absolute Gasteiger partial charge is 0.295 e. The Morgan fingerprint density at radius 1 is 0.812 bits per heavy atom. The first-order chi connectivity index (χ1) is 7.86. The van der Waals surface area contributed by atoms with Crippen LogP contribution in [0.1, 0.15) is 10.4 Å². The van der Waals surface area contributed by atoms with Crippen molar-refractivity contribution in [2.75, 3.05) is 0 Å². The van der Waals surface area contributed by atoms with Gasteiger partial charge in [-0.05, 0) is 24.3 Å². The van der Waals surface area contributed by atoms with Crippen LogP contribution in [0.15, 0.2) is 70.9 Å². The molecule has 0 spiro atoms. The van der Waals surface area contributed by atoms with Gasteiger partial charge in [0.25, 0.3) is 5.91 Å². The van der Waals surface area contributed by atoms with E-state index in [9.17, 15) is 4.79 Å². The molecule has 0 saturated carbocycles. The number of benzene rings is 2. The zero-order valence-electron chi connectivity index (χ0n) is 8.58. The second kappa shape index (κ2) is 4.98. The van der Waals surface area contributed by atoms with Crippen molar-refractivity contribution in [1.82, 2.24) is 0 Å². The maximum absolute atomic E-state index is 11.6. The van der Waals surface area contributed by atoms with Gasteiger partial charge < -0.3 is 0 Å². The lowest BCUT2D eigenvalue weighted by molar-refractivity contribution is 0.0995. The Balaban J connectivity index is 2.12. The summed E-state index contributed by atoms with van der Waals surface area (Å²) in [6.07, 6.45) is 0. The molecule has 0 atom stereocenters. The van der Waals surface area contributed by atoms with E-state index in [-0.39, 0.29) is 5.91 Å². The molecule has 0 aliphatic carbocycles. The van der Waals surface area contributed by atoms with Gasteiger partial charge in [0.2, 0.25) is 0 Å². The summed E-state index contributed by atoms with van der Waals surface area (Å²) in [5.41, 5.74) is 1.22. The van der Waals surface area contributed by atoms with E-state index in [1.54, 1.807) is 36.4 Å². The van der Waals surface area contributed by atoms with Gasteiger partial charge in [-0.15, -0.1) is 10.2 Å². The van der Waals surface area contributed by atoms with E-state index in [2.05, 4.69) is 10.2 Å². The zero-order chi connectivity index (χ0) is 11.2. The van der Waals surface area contributed by atoms with Gasteiger partial charge in [0.1, 0.15) is 0 Å². The second-order valence-electron chi connectivity index (χ2n) is 3.21. The van der Waals surface area contributed by atoms with E-state index in [4.69, 9.17) is 0 Å². The van der Waals surface area contributed by atoms with Crippen molar-refractivity contribution in [2.24, 2.45) is 10.2 Å². The molecule has 0 bridgehead atoms. The van der Waals surface area contributed by atoms with Crippen LogP contribution in [0, 0.1) is 0 Å². The van der Waals surface area contributed by atoms with E-state index >= 15 is 0 Å². The van der Waals surface area contributed by atoms with Crippen molar-refractivity contribution in [2.45, 2.75) is 0 Å². The molecule has 0 aliphatic heterocycles. The van der Waals surface area contributed by atoms with Crippen LogP contribution in [0.2, 0.25) is 0 Å². The van der Waals surface area contributed by atoms with Crippen molar-refractivity contribution in [3.05, 3.63) is 66.2 Å². The Labute approximate surface area is 93.5 Å². The molecule has 2 aromatic rings. The average molecular weight is 210 g/mol. The first kappa shape index (κ1) is 10.2. The predicted octanol–water partition coefficient (Wildman–Crippen LogP) is 3.61. The van der Waals surface area contributed by atoms with Crippen molar-refractivity contribution in [3.8, 4) is 0 Å². The van der Waals surface area contributed by atoms with Crippen LogP contribution >= 0.6 is 0 Å². The Morgan fingerprint density at radius 2 is 1.38 bits per heavy atom. The summed E-state index contributed by atoms with van der Waals surface area (Å²) in [5.74, 6) is -0.329. The van der Waals surface area contributed by atoms with E-state index in [0.29, 0.717) is 11.3 Å². The fraction of sp³-hybridized carbons (Fsp3) is 0. The molecule has 0 fully saturated rings. The maximum Gasteiger partial charge on any atom is 0.295 e. The summed E-state index contributed by atoms with van der Waals surface area (Å²) in [6.45, 7) is 0. The highest BCUT2D eigenvalue weighted by Crippen LogP contribution is 2.11. The Hall–Kier alpha value is -2.29. The molecule has 0 unspecified atom stereocenters. The van der Waals surface area contributed by atoms with E-state index in [1.807, 2.05) is 24.3 Å². The molecule has 0 heterocycles. The van der Waals surface area contributed by atoms with Crippen molar-refractivity contribution >= 4 is 11.6 Å². The molecule has 0 saturated heterocycles. The lowest BCUT2D eigenvalue weighted by Gasteiger charge is -1.92. The first-order valence-corrected chi connectivity index (χ1v) is 4.92. The molecule has 0 radical (unpaired) electrons. The Kier molecular flexibility index (Phi) is 3.18. The molecule has 16 heavy (non-hydrogen) atoms. The quantitative estimate of drug-likeness (QED) is 0.698. The molecule has 1 amide bonds. The summed E-state index contributed by atoms with van der Waals surface area (Å²) >= 11 is 0. The smallest absolute Gasteiger partial charge is 0.265 e. The molecule has 3 heteroatoms. The van der Waals surface area contributed by atoms with Crippen molar-refractivity contribution in [1.29, 1.82) is 0 Å². The molecule has 78 valence electrons. The van der Waals surface area contributed by atoms with Crippen LogP contribution in [0.3, 0.4) is 0 Å². The summed E-state index contributed by atoms with van der Waals surface area (Å²) in [7, 11) is 0. The Bertz CT molecular complexity index is 492. The van der Waals surface area contributed by atoms with Gasteiger partial charge in [0, 0.05) is 5.56 Å². The topological polar surface area (TPSA) is 41.8 Å². The third-order valence-corrected chi connectivity index (χ3v) is 2.03. The predicted molar refractivity (Wildman–Crippen MR) is 61.7 cm³/mol. The zero-order valence-corrected chi connectivity index (χ0v) is 8.58. The van der Waals surface area contributed by atoms with Crippen LogP contribution in [0.5, 0.6) is 0 Å². The van der Waals surface area contributed by atoms with Gasteiger partial charge in [0.15, 0.2) is 0 Å². The van der Waals surface area contributed by atoms with Gasteiger partial charge in [-0.25, -0.2) is 0 Å². The highest BCUT2D eigenvalue weighted by atomic mass is 16.1. The van der Waals surface area contributed by atoms with Gasteiger partial charge in [-0.3, -0.25) is 4.79 Å². The fourth-order valence-electron chi connectivity index (χ4n) is 1.24. The molecule has 2 rings (SSSR count). The van der Waals surface area contributed by atoms with Crippen LogP contribution in [0.25, 0.3) is 0 Å². The molecular weight excluding hydrogens is 200 g/mol. The SMILES string of the molecule is O=C(N=Nc1ccccc1)c1ccccc1. The van der Waals surface area contributed by atoms with E-state index in [1.165, 1.54) is 0 Å². The lowest BCUT2D eigenvalue weighted by Crippen LogP contribution is -1.91. The minimum atomic E-state index is -0.329. The van der Waals surface area contributed by atoms with Gasteiger partial charge in [-0.1, -0.05) is 36.4 Å². The summed E-state index contributed by atoms with van der Waals surface area (Å²) < 4.78 is 0. The highest BCUT2D eigenvalue weighted by molar-refractivity contribution is 5.94. The molecule has 2 aromatic carbocycles. The standard InChI is InChI=1S/C13H10N2O/c16-13(11-7-3-1-4-8-11)15-14-12-9-5-2-6-10-12/h1-10H. The number of carbonyl (C=O) groups excluding carboxylic acids is 1. The summed E-state index contributed by atoms with van der Waals surface area (Å²) in [6, 6.07) is 18.0. The number of rotatable bonds is 2. The highest BCUT2D eigenvalue weighted by Gasteiger charge is 2.01. The third kappa shape index (κ3) is 2.60. The molecule has 0 N–H and O–H groups in total. The van der Waals surface area contributed by atoms with Crippen LogP contribution < -0.4 is 0 Å². The minimum Gasteiger partial charge on any atom is -0.265 e. The van der Waals surface area contributed by atoms with Gasteiger partial charge in [-0.2, -0.15) is 0 Å². The number of azo groups is 1. The third-order valence-electron chi connectivity index (χ3n) is 2.03. The molecule has 0 aliphatic rings. The normalized spacial score (nSPS) is 10.5. The number of hydrogen-bond donors (Lipinski definition) is 0. The molecule has 0 aromatic heterocycles. The van der Waals surface area contributed by atoms with Gasteiger partial charge in [0.05, 0.1) is 5.69 Å². The second-order valence-corrected chi connectivity index (χ2v) is 3.21. The minimum absolute atomic E-state index is 0.329. The van der Waals surface area contributed by atoms with E-state index in [0.717, 1.165) is 0 Å². The number of hydrogen-bond acceptors (Lipinski definition) is 2.